The first-order chi connectivity index (χ1) is 24.5. The molecule has 0 radical (unpaired) electrons. The van der Waals surface area contributed by atoms with Crippen LogP contribution in [0.2, 0.25) is 0 Å². The van der Waals surface area contributed by atoms with Crippen molar-refractivity contribution >= 4 is 16.8 Å². The minimum Gasteiger partial charge on any atom is -0.497 e. The van der Waals surface area contributed by atoms with Crippen LogP contribution < -0.4 is 18.9 Å². The predicted octanol–water partition coefficient (Wildman–Crippen LogP) is 10.9. The summed E-state index contributed by atoms with van der Waals surface area (Å²) in [6.45, 7) is 5.27. The van der Waals surface area contributed by atoms with Crippen molar-refractivity contribution in [2.45, 2.75) is 44.1 Å². The fourth-order valence-electron chi connectivity index (χ4n) is 8.05. The SMILES string of the molecule is CCCCOc1ccc(C2(c3ccc(OC)cc3)C=Cc3c4c(c5cc(OC)ccc5c3O2)-c2ccccc2C4(C)Cc2ccccc2)cc1. The Balaban J connectivity index is 1.38. The van der Waals surface area contributed by atoms with Crippen LogP contribution in [-0.2, 0) is 17.4 Å². The maximum absolute atomic E-state index is 7.55. The molecule has 1 aliphatic carbocycles. The number of unbranched alkanes of at least 4 members (excludes halogenated alkanes) is 1. The smallest absolute Gasteiger partial charge is 0.178 e. The highest BCUT2D eigenvalue weighted by Gasteiger charge is 2.46. The molecule has 8 rings (SSSR count). The maximum atomic E-state index is 7.55. The van der Waals surface area contributed by atoms with Crippen LogP contribution in [0.15, 0.2) is 127 Å². The normalized spacial score (nSPS) is 18.6. The number of benzene rings is 6. The highest BCUT2D eigenvalue weighted by atomic mass is 16.5. The van der Waals surface area contributed by atoms with E-state index in [2.05, 4.69) is 129 Å². The summed E-state index contributed by atoms with van der Waals surface area (Å²) in [5, 5.41) is 2.18. The lowest BCUT2D eigenvalue weighted by Crippen LogP contribution is -2.35. The number of ether oxygens (including phenoxy) is 4. The van der Waals surface area contributed by atoms with Crippen molar-refractivity contribution in [2.75, 3.05) is 20.8 Å². The third-order valence-corrected chi connectivity index (χ3v) is 10.6. The van der Waals surface area contributed by atoms with E-state index in [-0.39, 0.29) is 5.41 Å². The van der Waals surface area contributed by atoms with Gasteiger partial charge < -0.3 is 18.9 Å². The van der Waals surface area contributed by atoms with E-state index in [9.17, 15) is 0 Å². The lowest BCUT2D eigenvalue weighted by molar-refractivity contribution is 0.163. The van der Waals surface area contributed by atoms with Crippen molar-refractivity contribution in [2.24, 2.45) is 0 Å². The maximum Gasteiger partial charge on any atom is 0.178 e. The molecule has 0 N–H and O–H groups in total. The molecule has 0 saturated heterocycles. The van der Waals surface area contributed by atoms with Gasteiger partial charge in [0, 0.05) is 27.5 Å². The second-order valence-corrected chi connectivity index (χ2v) is 13.6. The average molecular weight is 659 g/mol. The first kappa shape index (κ1) is 31.8. The van der Waals surface area contributed by atoms with Gasteiger partial charge in [0.1, 0.15) is 23.0 Å². The molecule has 50 heavy (non-hydrogen) atoms. The van der Waals surface area contributed by atoms with E-state index in [0.29, 0.717) is 6.61 Å². The Morgan fingerprint density at radius 3 is 2.04 bits per heavy atom. The molecule has 0 aromatic heterocycles. The Morgan fingerprint density at radius 2 is 1.34 bits per heavy atom. The van der Waals surface area contributed by atoms with Crippen molar-refractivity contribution in [3.8, 4) is 34.1 Å². The molecular formula is C46H42O4. The molecule has 6 aromatic carbocycles. The number of hydrogen-bond acceptors (Lipinski definition) is 4. The Hall–Kier alpha value is -5.48. The first-order valence-electron chi connectivity index (χ1n) is 17.6. The monoisotopic (exact) mass is 658 g/mol. The Bertz CT molecular complexity index is 2200. The van der Waals surface area contributed by atoms with Gasteiger partial charge in [0.05, 0.1) is 20.8 Å². The molecule has 0 spiro atoms. The van der Waals surface area contributed by atoms with Crippen molar-refractivity contribution in [1.82, 2.24) is 0 Å². The predicted molar refractivity (Wildman–Crippen MR) is 203 cm³/mol. The third kappa shape index (κ3) is 5.13. The van der Waals surface area contributed by atoms with E-state index in [0.717, 1.165) is 69.7 Å². The van der Waals surface area contributed by atoms with Gasteiger partial charge in [-0.2, -0.15) is 0 Å². The van der Waals surface area contributed by atoms with Gasteiger partial charge in [-0.25, -0.2) is 0 Å². The lowest BCUT2D eigenvalue weighted by atomic mass is 9.72. The molecule has 1 aliphatic heterocycles. The highest BCUT2D eigenvalue weighted by Crippen LogP contribution is 2.59. The Kier molecular flexibility index (Phi) is 8.11. The highest BCUT2D eigenvalue weighted by molar-refractivity contribution is 6.09. The lowest BCUT2D eigenvalue weighted by Gasteiger charge is -2.39. The summed E-state index contributed by atoms with van der Waals surface area (Å²) in [4.78, 5) is 0. The van der Waals surface area contributed by atoms with Gasteiger partial charge >= 0.3 is 0 Å². The number of hydrogen-bond donors (Lipinski definition) is 0. The zero-order chi connectivity index (χ0) is 34.3. The summed E-state index contributed by atoms with van der Waals surface area (Å²) in [6.07, 6.45) is 7.53. The van der Waals surface area contributed by atoms with Crippen molar-refractivity contribution < 1.29 is 18.9 Å². The molecule has 0 amide bonds. The zero-order valence-electron chi connectivity index (χ0n) is 29.2. The van der Waals surface area contributed by atoms with E-state index in [1.165, 1.54) is 27.8 Å². The Morgan fingerprint density at radius 1 is 0.680 bits per heavy atom. The van der Waals surface area contributed by atoms with Crippen LogP contribution >= 0.6 is 0 Å². The molecule has 2 unspecified atom stereocenters. The quantitative estimate of drug-likeness (QED) is 0.137. The summed E-state index contributed by atoms with van der Waals surface area (Å²) in [6, 6.07) is 42.7. The van der Waals surface area contributed by atoms with E-state index in [4.69, 9.17) is 18.9 Å². The number of methoxy groups -OCH3 is 2. The standard InChI is InChI=1S/C46H42O4/c1-5-6-28-49-35-22-18-33(19-23-35)46(32-16-20-34(47-3)21-17-32)27-26-39-43-42(40-29-36(48-4)24-25-37(40)44(39)50-46)38-14-10-11-15-41(38)45(43,2)30-31-12-8-7-9-13-31/h7-27,29H,5-6,28,30H2,1-4H3. The molecule has 0 bridgehead atoms. The van der Waals surface area contributed by atoms with Gasteiger partial charge in [-0.1, -0.05) is 105 Å². The van der Waals surface area contributed by atoms with Gasteiger partial charge in [-0.05, 0) is 94.6 Å². The van der Waals surface area contributed by atoms with E-state index in [1.807, 2.05) is 18.2 Å². The van der Waals surface area contributed by atoms with Gasteiger partial charge in [-0.3, -0.25) is 0 Å². The minimum atomic E-state index is -0.899. The largest absolute Gasteiger partial charge is 0.497 e. The molecule has 250 valence electrons. The van der Waals surface area contributed by atoms with E-state index >= 15 is 0 Å². The molecular weight excluding hydrogens is 617 g/mol. The van der Waals surface area contributed by atoms with Crippen LogP contribution in [0.5, 0.6) is 23.0 Å². The average Bonchev–Trinajstić information content (AvgIpc) is 3.43. The summed E-state index contributed by atoms with van der Waals surface area (Å²) < 4.78 is 25.0. The number of rotatable bonds is 10. The van der Waals surface area contributed by atoms with Crippen LogP contribution in [0, 0.1) is 0 Å². The molecule has 2 aliphatic rings. The van der Waals surface area contributed by atoms with Gasteiger partial charge in [0.15, 0.2) is 5.60 Å². The molecule has 4 nitrogen and oxygen atoms in total. The van der Waals surface area contributed by atoms with Crippen LogP contribution in [0.4, 0.5) is 0 Å². The van der Waals surface area contributed by atoms with Crippen molar-refractivity contribution in [3.05, 3.63) is 161 Å². The molecule has 4 heteroatoms. The first-order valence-corrected chi connectivity index (χ1v) is 17.6. The zero-order valence-corrected chi connectivity index (χ0v) is 29.2. The van der Waals surface area contributed by atoms with Crippen LogP contribution in [0.1, 0.15) is 60.1 Å². The summed E-state index contributed by atoms with van der Waals surface area (Å²) >= 11 is 0. The molecule has 6 aromatic rings. The fourth-order valence-corrected chi connectivity index (χ4v) is 8.05. The Labute approximate surface area is 294 Å². The van der Waals surface area contributed by atoms with Crippen molar-refractivity contribution in [3.63, 3.8) is 0 Å². The van der Waals surface area contributed by atoms with Gasteiger partial charge in [-0.15, -0.1) is 0 Å². The number of fused-ring (bicyclic) bond motifs is 8. The molecule has 2 atom stereocenters. The summed E-state index contributed by atoms with van der Waals surface area (Å²) in [5.74, 6) is 3.35. The third-order valence-electron chi connectivity index (χ3n) is 10.6. The fraction of sp³-hybridized carbons (Fsp3) is 0.217. The molecule has 1 heterocycles. The molecule has 0 saturated carbocycles. The topological polar surface area (TPSA) is 36.9 Å². The minimum absolute atomic E-state index is 0.306. The van der Waals surface area contributed by atoms with E-state index < -0.39 is 5.60 Å². The van der Waals surface area contributed by atoms with Crippen LogP contribution in [0.25, 0.3) is 28.0 Å². The van der Waals surface area contributed by atoms with Gasteiger partial charge in [0.2, 0.25) is 0 Å². The summed E-state index contributed by atoms with van der Waals surface area (Å²) in [7, 11) is 3.43. The van der Waals surface area contributed by atoms with Crippen LogP contribution in [0.3, 0.4) is 0 Å². The van der Waals surface area contributed by atoms with Gasteiger partial charge in [0.25, 0.3) is 0 Å². The molecule has 0 fully saturated rings. The van der Waals surface area contributed by atoms with Crippen molar-refractivity contribution in [1.29, 1.82) is 0 Å². The van der Waals surface area contributed by atoms with E-state index in [1.54, 1.807) is 14.2 Å². The second-order valence-electron chi connectivity index (χ2n) is 13.6. The summed E-state index contributed by atoms with van der Waals surface area (Å²) in [5.41, 5.74) is 8.38. The second kappa shape index (κ2) is 12.8. The van der Waals surface area contributed by atoms with Crippen LogP contribution in [-0.4, -0.2) is 20.8 Å².